The molecule has 3 aliphatic carbocycles. The lowest BCUT2D eigenvalue weighted by atomic mass is 9.78. The molecule has 3 rings (SSSR count). The molecule has 4 N–H and O–H groups in total. The van der Waals surface area contributed by atoms with Crippen LogP contribution in [0.1, 0.15) is 51.4 Å². The van der Waals surface area contributed by atoms with Crippen molar-refractivity contribution >= 4 is 5.97 Å². The maximum atomic E-state index is 10.5. The summed E-state index contributed by atoms with van der Waals surface area (Å²) in [7, 11) is 0. The van der Waals surface area contributed by atoms with Crippen LogP contribution in [0.5, 0.6) is 0 Å². The van der Waals surface area contributed by atoms with Crippen LogP contribution in [0.4, 0.5) is 0 Å². The highest BCUT2D eigenvalue weighted by Gasteiger charge is 2.45. The predicted molar refractivity (Wildman–Crippen MR) is 92.3 cm³/mol. The van der Waals surface area contributed by atoms with Crippen molar-refractivity contribution in [2.75, 3.05) is 6.61 Å². The number of rotatable bonds is 8. The Balaban J connectivity index is 1.49. The van der Waals surface area contributed by atoms with Gasteiger partial charge in [-0.25, -0.2) is 0 Å². The zero-order chi connectivity index (χ0) is 17.8. The van der Waals surface area contributed by atoms with E-state index >= 15 is 0 Å². The summed E-state index contributed by atoms with van der Waals surface area (Å²) >= 11 is 0. The summed E-state index contributed by atoms with van der Waals surface area (Å²) in [4.78, 5) is 15.6. The maximum Gasteiger partial charge on any atom is 0.305 e. The van der Waals surface area contributed by atoms with Crippen molar-refractivity contribution in [1.29, 1.82) is 0 Å². The number of hydrogen-bond acceptors (Lipinski definition) is 5. The molecule has 0 spiro atoms. The lowest BCUT2D eigenvalue weighted by Gasteiger charge is -2.31. The Labute approximate surface area is 148 Å². The van der Waals surface area contributed by atoms with Gasteiger partial charge in [0.2, 0.25) is 0 Å². The summed E-state index contributed by atoms with van der Waals surface area (Å²) in [6.45, 7) is 0.121. The van der Waals surface area contributed by atoms with Crippen LogP contribution in [-0.2, 0) is 9.63 Å². The molecule has 0 bridgehead atoms. The van der Waals surface area contributed by atoms with Gasteiger partial charge in [-0.05, 0) is 43.1 Å². The van der Waals surface area contributed by atoms with Gasteiger partial charge in [0.25, 0.3) is 0 Å². The van der Waals surface area contributed by atoms with E-state index in [1.807, 2.05) is 12.2 Å². The molecule has 6 nitrogen and oxygen atoms in total. The van der Waals surface area contributed by atoms with Crippen molar-refractivity contribution in [1.82, 2.24) is 5.48 Å². The van der Waals surface area contributed by atoms with Gasteiger partial charge < -0.3 is 15.3 Å². The Bertz CT molecular complexity index is 538. The average molecular weight is 351 g/mol. The van der Waals surface area contributed by atoms with E-state index in [1.54, 1.807) is 0 Å². The molecule has 0 amide bonds. The highest BCUT2D eigenvalue weighted by molar-refractivity contribution is 5.66. The van der Waals surface area contributed by atoms with Crippen molar-refractivity contribution in [3.8, 4) is 0 Å². The third-order valence-corrected chi connectivity index (χ3v) is 5.87. The van der Waals surface area contributed by atoms with Crippen molar-refractivity contribution in [2.45, 2.75) is 63.6 Å². The molecule has 25 heavy (non-hydrogen) atoms. The molecule has 140 valence electrons. The van der Waals surface area contributed by atoms with E-state index in [2.05, 4.69) is 5.48 Å². The highest BCUT2D eigenvalue weighted by atomic mass is 16.6. The zero-order valence-electron chi connectivity index (χ0n) is 14.6. The molecular weight excluding hydrogens is 322 g/mol. The van der Waals surface area contributed by atoms with Crippen LogP contribution in [0.25, 0.3) is 0 Å². The van der Waals surface area contributed by atoms with Crippen LogP contribution in [0.3, 0.4) is 0 Å². The number of fused-ring (bicyclic) bond motifs is 1. The quantitative estimate of drug-likeness (QED) is 0.304. The van der Waals surface area contributed by atoms with Crippen LogP contribution in [0.2, 0.25) is 0 Å². The minimum atomic E-state index is -0.885. The standard InChI is InChI=1S/C19H29NO5/c21-17(12-4-2-1-3-5-12)7-6-13-14-10-16(15(14)11-18(13)22)20-25-9-8-19(23)24/h6-7,12-14,17-18,20-22H,1-5,8-11H2,(H,23,24)/t13?,14-,17?,18?/m0/s1. The fourth-order valence-corrected chi connectivity index (χ4v) is 4.36. The molecule has 2 saturated carbocycles. The van der Waals surface area contributed by atoms with E-state index in [4.69, 9.17) is 9.94 Å². The molecule has 0 aromatic heterocycles. The van der Waals surface area contributed by atoms with Crippen LogP contribution >= 0.6 is 0 Å². The molecule has 2 fully saturated rings. The van der Waals surface area contributed by atoms with Gasteiger partial charge in [0.15, 0.2) is 0 Å². The third kappa shape index (κ3) is 4.43. The second kappa shape index (κ2) is 8.34. The molecule has 0 heterocycles. The van der Waals surface area contributed by atoms with Crippen molar-refractivity contribution in [3.05, 3.63) is 23.4 Å². The largest absolute Gasteiger partial charge is 0.481 e. The van der Waals surface area contributed by atoms with Crippen molar-refractivity contribution < 1.29 is 25.0 Å². The Kier molecular flexibility index (Phi) is 6.15. The maximum absolute atomic E-state index is 10.5. The van der Waals surface area contributed by atoms with E-state index in [1.165, 1.54) is 24.8 Å². The van der Waals surface area contributed by atoms with Gasteiger partial charge in [-0.3, -0.25) is 15.1 Å². The molecule has 6 heteroatoms. The van der Waals surface area contributed by atoms with Gasteiger partial charge >= 0.3 is 5.97 Å². The number of hydrogen-bond donors (Lipinski definition) is 4. The molecule has 3 unspecified atom stereocenters. The number of nitrogens with one attached hydrogen (secondary N) is 1. The Morgan fingerprint density at radius 2 is 2.04 bits per heavy atom. The Morgan fingerprint density at radius 3 is 2.76 bits per heavy atom. The summed E-state index contributed by atoms with van der Waals surface area (Å²) in [6, 6.07) is 0. The molecule has 0 radical (unpaired) electrons. The second-order valence-corrected chi connectivity index (χ2v) is 7.53. The number of aliphatic hydroxyl groups excluding tert-OH is 2. The summed E-state index contributed by atoms with van der Waals surface area (Å²) < 4.78 is 0. The number of carbonyl (C=O) groups is 1. The predicted octanol–water partition coefficient (Wildman–Crippen LogP) is 2.13. The minimum Gasteiger partial charge on any atom is -0.481 e. The monoisotopic (exact) mass is 351 g/mol. The molecule has 0 aliphatic heterocycles. The number of carboxylic acids is 1. The highest BCUT2D eigenvalue weighted by Crippen LogP contribution is 2.49. The van der Waals surface area contributed by atoms with Gasteiger partial charge in [0.1, 0.15) is 0 Å². The molecular formula is C19H29NO5. The summed E-state index contributed by atoms with van der Waals surface area (Å²) in [5, 5.41) is 29.3. The summed E-state index contributed by atoms with van der Waals surface area (Å²) in [5.41, 5.74) is 4.98. The van der Waals surface area contributed by atoms with Gasteiger partial charge in [-0.15, -0.1) is 0 Å². The number of carboxylic acid groups (broad SMARTS) is 1. The number of aliphatic carboxylic acids is 1. The van der Waals surface area contributed by atoms with Crippen LogP contribution < -0.4 is 5.48 Å². The second-order valence-electron chi connectivity index (χ2n) is 7.53. The van der Waals surface area contributed by atoms with E-state index in [9.17, 15) is 15.0 Å². The molecule has 4 atom stereocenters. The topological polar surface area (TPSA) is 99.0 Å². The lowest BCUT2D eigenvalue weighted by molar-refractivity contribution is -0.138. The number of aliphatic hydroxyl groups is 2. The van der Waals surface area contributed by atoms with Crippen molar-refractivity contribution in [2.24, 2.45) is 17.8 Å². The Hall–Kier alpha value is -1.37. The van der Waals surface area contributed by atoms with Gasteiger partial charge in [-0.1, -0.05) is 31.4 Å². The minimum absolute atomic E-state index is 0.0356. The third-order valence-electron chi connectivity index (χ3n) is 5.87. The van der Waals surface area contributed by atoms with Gasteiger partial charge in [0, 0.05) is 11.6 Å². The normalized spacial score (nSPS) is 31.0. The van der Waals surface area contributed by atoms with Crippen LogP contribution in [0.15, 0.2) is 23.4 Å². The van der Waals surface area contributed by atoms with Gasteiger partial charge in [0.05, 0.1) is 25.2 Å². The average Bonchev–Trinajstić information content (AvgIpc) is 2.84. The Morgan fingerprint density at radius 1 is 1.28 bits per heavy atom. The van der Waals surface area contributed by atoms with E-state index in [0.29, 0.717) is 18.3 Å². The van der Waals surface area contributed by atoms with E-state index in [-0.39, 0.29) is 18.9 Å². The number of allylic oxidation sites excluding steroid dienone is 1. The number of hydroxylamine groups is 1. The van der Waals surface area contributed by atoms with E-state index in [0.717, 1.165) is 25.0 Å². The molecule has 0 aromatic carbocycles. The first kappa shape index (κ1) is 18.4. The summed E-state index contributed by atoms with van der Waals surface area (Å²) in [5.74, 6) is -0.169. The first-order valence-electron chi connectivity index (χ1n) is 9.42. The molecule has 0 aromatic rings. The van der Waals surface area contributed by atoms with Crippen molar-refractivity contribution in [3.63, 3.8) is 0 Å². The smallest absolute Gasteiger partial charge is 0.305 e. The first-order valence-corrected chi connectivity index (χ1v) is 9.42. The van der Waals surface area contributed by atoms with Crippen LogP contribution in [-0.4, -0.2) is 40.1 Å². The fourth-order valence-electron chi connectivity index (χ4n) is 4.36. The van der Waals surface area contributed by atoms with Crippen LogP contribution in [0, 0.1) is 17.8 Å². The first-order chi connectivity index (χ1) is 12.1. The summed E-state index contributed by atoms with van der Waals surface area (Å²) in [6.07, 6.45) is 10.3. The fraction of sp³-hybridized carbons (Fsp3) is 0.737. The van der Waals surface area contributed by atoms with Gasteiger partial charge in [-0.2, -0.15) is 0 Å². The lowest BCUT2D eigenvalue weighted by Crippen LogP contribution is -2.30. The van der Waals surface area contributed by atoms with E-state index < -0.39 is 18.2 Å². The molecule has 0 saturated heterocycles. The zero-order valence-corrected chi connectivity index (χ0v) is 14.6. The molecule has 3 aliphatic rings. The SMILES string of the molecule is O=C(O)CCONC1=C2CC(O)C(C=CC(O)C3CCCCC3)[C@@H]2C1.